The molecule has 0 radical (unpaired) electrons. The Labute approximate surface area is 137 Å². The number of rotatable bonds is 6. The van der Waals surface area contributed by atoms with Gasteiger partial charge in [-0.3, -0.25) is 0 Å². The monoisotopic (exact) mass is 370 g/mol. The third-order valence-electron chi connectivity index (χ3n) is 2.86. The van der Waals surface area contributed by atoms with E-state index < -0.39 is 6.10 Å². The number of benzene rings is 2. The molecular weight excluding hydrogens is 356 g/mol. The number of halogens is 2. The second kappa shape index (κ2) is 7.69. The van der Waals surface area contributed by atoms with Crippen molar-refractivity contribution in [1.29, 1.82) is 0 Å². The van der Waals surface area contributed by atoms with Crippen molar-refractivity contribution in [2.75, 3.05) is 13.2 Å². The largest absolute Gasteiger partial charge is 0.490 e. The standard InChI is InChI=1S/C16H16BrClO3/c1-11(19)12-2-7-16(15(18)10-12)21-9-8-20-14-5-3-13(17)4-6-14/h2-7,10-11,19H,8-9H2,1H3/t11-/m1/s1. The zero-order chi connectivity index (χ0) is 15.2. The molecule has 0 saturated carbocycles. The first kappa shape index (κ1) is 16.1. The van der Waals surface area contributed by atoms with Crippen LogP contribution in [0.1, 0.15) is 18.6 Å². The fourth-order valence-corrected chi connectivity index (χ4v) is 2.24. The van der Waals surface area contributed by atoms with Gasteiger partial charge >= 0.3 is 0 Å². The SMILES string of the molecule is C[C@@H](O)c1ccc(OCCOc2ccc(Br)cc2)c(Cl)c1. The molecule has 21 heavy (non-hydrogen) atoms. The molecule has 0 aliphatic heterocycles. The molecule has 1 atom stereocenters. The van der Waals surface area contributed by atoms with Gasteiger partial charge < -0.3 is 14.6 Å². The second-order valence-corrected chi connectivity index (χ2v) is 5.84. The van der Waals surface area contributed by atoms with Crippen molar-refractivity contribution in [2.45, 2.75) is 13.0 Å². The highest BCUT2D eigenvalue weighted by molar-refractivity contribution is 9.10. The Hall–Kier alpha value is -1.23. The Morgan fingerprint density at radius 3 is 2.38 bits per heavy atom. The van der Waals surface area contributed by atoms with E-state index in [9.17, 15) is 5.11 Å². The molecule has 0 aromatic heterocycles. The van der Waals surface area contributed by atoms with Crippen LogP contribution in [0.15, 0.2) is 46.9 Å². The van der Waals surface area contributed by atoms with E-state index in [2.05, 4.69) is 15.9 Å². The maximum Gasteiger partial charge on any atom is 0.138 e. The summed E-state index contributed by atoms with van der Waals surface area (Å²) in [7, 11) is 0. The van der Waals surface area contributed by atoms with Gasteiger partial charge in [-0.05, 0) is 48.9 Å². The van der Waals surface area contributed by atoms with Gasteiger partial charge in [0.05, 0.1) is 11.1 Å². The molecule has 2 rings (SSSR count). The Morgan fingerprint density at radius 1 is 1.10 bits per heavy atom. The van der Waals surface area contributed by atoms with Gasteiger partial charge in [0.2, 0.25) is 0 Å². The van der Waals surface area contributed by atoms with Crippen LogP contribution in [0.3, 0.4) is 0 Å². The molecule has 0 bridgehead atoms. The maximum atomic E-state index is 9.48. The van der Waals surface area contributed by atoms with E-state index in [1.165, 1.54) is 0 Å². The van der Waals surface area contributed by atoms with Crippen molar-refractivity contribution in [3.63, 3.8) is 0 Å². The Kier molecular flexibility index (Phi) is 5.91. The zero-order valence-corrected chi connectivity index (χ0v) is 13.9. The molecule has 0 aliphatic rings. The highest BCUT2D eigenvalue weighted by atomic mass is 79.9. The highest BCUT2D eigenvalue weighted by Crippen LogP contribution is 2.27. The fraction of sp³-hybridized carbons (Fsp3) is 0.250. The summed E-state index contributed by atoms with van der Waals surface area (Å²) >= 11 is 9.47. The van der Waals surface area contributed by atoms with Crippen molar-refractivity contribution in [1.82, 2.24) is 0 Å². The van der Waals surface area contributed by atoms with E-state index in [0.717, 1.165) is 15.8 Å². The third kappa shape index (κ3) is 4.92. The van der Waals surface area contributed by atoms with Crippen LogP contribution in [0, 0.1) is 0 Å². The predicted octanol–water partition coefficient (Wildman–Crippen LogP) is 4.61. The summed E-state index contributed by atoms with van der Waals surface area (Å²) in [6.45, 7) is 2.51. The zero-order valence-electron chi connectivity index (χ0n) is 11.6. The minimum absolute atomic E-state index is 0.393. The number of hydrogen-bond acceptors (Lipinski definition) is 3. The van der Waals surface area contributed by atoms with Gasteiger partial charge in [0, 0.05) is 4.47 Å². The molecule has 0 spiro atoms. The van der Waals surface area contributed by atoms with Crippen LogP contribution in [0.25, 0.3) is 0 Å². The molecular formula is C16H16BrClO3. The molecule has 0 saturated heterocycles. The van der Waals surface area contributed by atoms with E-state index in [1.54, 1.807) is 25.1 Å². The van der Waals surface area contributed by atoms with Crippen LogP contribution in [-0.2, 0) is 0 Å². The summed E-state index contributed by atoms with van der Waals surface area (Å²) in [6.07, 6.45) is -0.544. The van der Waals surface area contributed by atoms with E-state index >= 15 is 0 Å². The van der Waals surface area contributed by atoms with Crippen molar-refractivity contribution < 1.29 is 14.6 Å². The van der Waals surface area contributed by atoms with E-state index in [1.807, 2.05) is 24.3 Å². The molecule has 1 N–H and O–H groups in total. The van der Waals surface area contributed by atoms with Gasteiger partial charge in [-0.15, -0.1) is 0 Å². The fourth-order valence-electron chi connectivity index (χ4n) is 1.74. The van der Waals surface area contributed by atoms with Gasteiger partial charge in [-0.2, -0.15) is 0 Å². The van der Waals surface area contributed by atoms with Gasteiger partial charge in [0.15, 0.2) is 0 Å². The lowest BCUT2D eigenvalue weighted by Gasteiger charge is -2.11. The van der Waals surface area contributed by atoms with E-state index in [-0.39, 0.29) is 0 Å². The average Bonchev–Trinajstić information content (AvgIpc) is 2.46. The van der Waals surface area contributed by atoms with Crippen LogP contribution in [0.4, 0.5) is 0 Å². The smallest absolute Gasteiger partial charge is 0.138 e. The van der Waals surface area contributed by atoms with Crippen LogP contribution in [0.2, 0.25) is 5.02 Å². The lowest BCUT2D eigenvalue weighted by Crippen LogP contribution is -2.09. The lowest BCUT2D eigenvalue weighted by atomic mass is 10.1. The third-order valence-corrected chi connectivity index (χ3v) is 3.69. The van der Waals surface area contributed by atoms with Crippen molar-refractivity contribution in [2.24, 2.45) is 0 Å². The van der Waals surface area contributed by atoms with Crippen LogP contribution >= 0.6 is 27.5 Å². The molecule has 3 nitrogen and oxygen atoms in total. The van der Waals surface area contributed by atoms with Crippen LogP contribution < -0.4 is 9.47 Å². The van der Waals surface area contributed by atoms with Crippen LogP contribution in [-0.4, -0.2) is 18.3 Å². The molecule has 112 valence electrons. The molecule has 2 aromatic rings. The topological polar surface area (TPSA) is 38.7 Å². The molecule has 0 amide bonds. The van der Waals surface area contributed by atoms with Crippen molar-refractivity contribution >= 4 is 27.5 Å². The summed E-state index contributed by atoms with van der Waals surface area (Å²) in [4.78, 5) is 0. The Balaban J connectivity index is 1.82. The minimum atomic E-state index is -0.544. The summed E-state index contributed by atoms with van der Waals surface area (Å²) in [6, 6.07) is 12.9. The molecule has 0 fully saturated rings. The number of hydrogen-bond donors (Lipinski definition) is 1. The van der Waals surface area contributed by atoms with E-state index in [4.69, 9.17) is 21.1 Å². The highest BCUT2D eigenvalue weighted by Gasteiger charge is 2.06. The Morgan fingerprint density at radius 2 is 1.76 bits per heavy atom. The summed E-state index contributed by atoms with van der Waals surface area (Å²) < 4.78 is 12.1. The van der Waals surface area contributed by atoms with Crippen molar-refractivity contribution in [3.05, 3.63) is 57.5 Å². The van der Waals surface area contributed by atoms with Gasteiger partial charge in [-0.25, -0.2) is 0 Å². The molecule has 0 aliphatic carbocycles. The van der Waals surface area contributed by atoms with Crippen LogP contribution in [0.5, 0.6) is 11.5 Å². The predicted molar refractivity (Wildman–Crippen MR) is 87.2 cm³/mol. The summed E-state index contributed by atoms with van der Waals surface area (Å²) in [5.41, 5.74) is 0.762. The van der Waals surface area contributed by atoms with Gasteiger partial charge in [-0.1, -0.05) is 33.6 Å². The first-order chi connectivity index (χ1) is 10.1. The first-order valence-electron chi connectivity index (χ1n) is 6.55. The second-order valence-electron chi connectivity index (χ2n) is 4.52. The quantitative estimate of drug-likeness (QED) is 0.753. The number of aliphatic hydroxyl groups is 1. The molecule has 0 heterocycles. The lowest BCUT2D eigenvalue weighted by molar-refractivity contribution is 0.198. The normalized spacial score (nSPS) is 12.0. The first-order valence-corrected chi connectivity index (χ1v) is 7.72. The maximum absolute atomic E-state index is 9.48. The van der Waals surface area contributed by atoms with Gasteiger partial charge in [0.1, 0.15) is 24.7 Å². The Bertz CT molecular complexity index is 585. The number of ether oxygens (including phenoxy) is 2. The van der Waals surface area contributed by atoms with Crippen molar-refractivity contribution in [3.8, 4) is 11.5 Å². The molecule has 2 aromatic carbocycles. The molecule has 0 unspecified atom stereocenters. The average molecular weight is 372 g/mol. The summed E-state index contributed by atoms with van der Waals surface area (Å²) in [5.74, 6) is 1.37. The molecule has 5 heteroatoms. The summed E-state index contributed by atoms with van der Waals surface area (Å²) in [5, 5.41) is 9.96. The minimum Gasteiger partial charge on any atom is -0.490 e. The van der Waals surface area contributed by atoms with E-state index in [0.29, 0.717) is 24.0 Å². The number of aliphatic hydroxyl groups excluding tert-OH is 1. The van der Waals surface area contributed by atoms with Gasteiger partial charge in [0.25, 0.3) is 0 Å².